The molecular formula is C18H16ClN3O2S3. The highest BCUT2D eigenvalue weighted by Gasteiger charge is 2.31. The van der Waals surface area contributed by atoms with Crippen molar-refractivity contribution in [1.29, 1.82) is 0 Å². The monoisotopic (exact) mass is 437 g/mol. The van der Waals surface area contributed by atoms with Crippen molar-refractivity contribution in [1.82, 2.24) is 9.88 Å². The van der Waals surface area contributed by atoms with E-state index in [0.29, 0.717) is 25.8 Å². The normalized spacial score (nSPS) is 15.7. The average molecular weight is 438 g/mol. The van der Waals surface area contributed by atoms with Crippen molar-refractivity contribution in [3.05, 3.63) is 44.8 Å². The number of amides is 2. The van der Waals surface area contributed by atoms with Crippen molar-refractivity contribution in [3.8, 4) is 0 Å². The number of nitrogens with zero attached hydrogens (tertiary/aromatic N) is 3. The van der Waals surface area contributed by atoms with Gasteiger partial charge in [-0.2, -0.15) is 0 Å². The molecule has 0 saturated carbocycles. The summed E-state index contributed by atoms with van der Waals surface area (Å²) in [5.41, 5.74) is 1.70. The van der Waals surface area contributed by atoms with Crippen molar-refractivity contribution in [3.63, 3.8) is 0 Å². The fourth-order valence-corrected chi connectivity index (χ4v) is 5.30. The highest BCUT2D eigenvalue weighted by molar-refractivity contribution is 8.26. The molecule has 1 aliphatic rings. The summed E-state index contributed by atoms with van der Waals surface area (Å²) >= 11 is 14.0. The van der Waals surface area contributed by atoms with Crippen LogP contribution in [-0.2, 0) is 9.59 Å². The summed E-state index contributed by atoms with van der Waals surface area (Å²) in [6.45, 7) is 5.80. The Morgan fingerprint density at radius 2 is 2.11 bits per heavy atom. The van der Waals surface area contributed by atoms with Gasteiger partial charge < -0.3 is 0 Å². The Morgan fingerprint density at radius 1 is 1.41 bits per heavy atom. The van der Waals surface area contributed by atoms with Crippen molar-refractivity contribution in [2.75, 3.05) is 11.4 Å². The minimum absolute atomic E-state index is 0.138. The summed E-state index contributed by atoms with van der Waals surface area (Å²) < 4.78 is 0.528. The number of likely N-dealkylation sites (N-methyl/N-ethyl adjacent to an activating group) is 1. The van der Waals surface area contributed by atoms with Gasteiger partial charge in [0, 0.05) is 13.5 Å². The second kappa shape index (κ2) is 8.10. The van der Waals surface area contributed by atoms with E-state index < -0.39 is 0 Å². The molecule has 9 heteroatoms. The maximum atomic E-state index is 12.4. The van der Waals surface area contributed by atoms with Gasteiger partial charge in [0.05, 0.1) is 15.5 Å². The predicted octanol–water partition coefficient (Wildman–Crippen LogP) is 5.01. The summed E-state index contributed by atoms with van der Waals surface area (Å²) in [5, 5.41) is 0.704. The molecule has 0 aliphatic carbocycles. The number of aromatic nitrogens is 1. The molecule has 1 aliphatic heterocycles. The number of para-hydroxylation sites is 1. The average Bonchev–Trinajstić information content (AvgIpc) is 3.09. The Labute approximate surface area is 176 Å². The van der Waals surface area contributed by atoms with Gasteiger partial charge in [-0.25, -0.2) is 4.98 Å². The lowest BCUT2D eigenvalue weighted by atomic mass is 10.2. The molecule has 140 valence electrons. The molecule has 0 unspecified atom stereocenters. The van der Waals surface area contributed by atoms with E-state index in [2.05, 4.69) is 4.98 Å². The van der Waals surface area contributed by atoms with Crippen molar-refractivity contribution in [2.45, 2.75) is 20.8 Å². The molecule has 0 bridgehead atoms. The lowest BCUT2D eigenvalue weighted by Gasteiger charge is -2.19. The number of benzene rings is 1. The smallest absolute Gasteiger partial charge is 0.266 e. The van der Waals surface area contributed by atoms with Crippen molar-refractivity contribution in [2.24, 2.45) is 0 Å². The van der Waals surface area contributed by atoms with E-state index in [1.807, 2.05) is 38.1 Å². The van der Waals surface area contributed by atoms with Crippen LogP contribution in [0.1, 0.15) is 24.3 Å². The van der Waals surface area contributed by atoms with Crippen LogP contribution in [0.5, 0.6) is 0 Å². The number of hydrogen-bond donors (Lipinski definition) is 0. The third-order valence-corrected chi connectivity index (χ3v) is 6.68. The molecule has 27 heavy (non-hydrogen) atoms. The molecule has 1 aromatic heterocycles. The van der Waals surface area contributed by atoms with Crippen LogP contribution in [0.2, 0.25) is 5.15 Å². The first kappa shape index (κ1) is 20.0. The van der Waals surface area contributed by atoms with Crippen LogP contribution in [-0.4, -0.2) is 32.6 Å². The van der Waals surface area contributed by atoms with Gasteiger partial charge in [-0.3, -0.25) is 19.4 Å². The highest BCUT2D eigenvalue weighted by Crippen LogP contribution is 2.39. The molecule has 2 amide bonds. The molecule has 5 nitrogen and oxygen atoms in total. The van der Waals surface area contributed by atoms with Gasteiger partial charge in [0.25, 0.3) is 5.91 Å². The third-order valence-electron chi connectivity index (χ3n) is 3.91. The summed E-state index contributed by atoms with van der Waals surface area (Å²) in [5.74, 6) is -0.306. The Kier molecular flexibility index (Phi) is 6.00. The van der Waals surface area contributed by atoms with Gasteiger partial charge in [-0.05, 0) is 31.6 Å². The molecule has 0 atom stereocenters. The fourth-order valence-electron chi connectivity index (χ4n) is 2.60. The van der Waals surface area contributed by atoms with Gasteiger partial charge in [-0.1, -0.05) is 65.1 Å². The Bertz CT molecular complexity index is 971. The SMILES string of the molecule is CCN1C(=O)C(=Cc2sc(N(C(C)=O)c3ccccc3C)nc2Cl)SC1=S. The molecular weight excluding hydrogens is 422 g/mol. The number of hydrogen-bond acceptors (Lipinski definition) is 6. The van der Waals surface area contributed by atoms with E-state index in [9.17, 15) is 9.59 Å². The van der Waals surface area contributed by atoms with E-state index in [4.69, 9.17) is 23.8 Å². The van der Waals surface area contributed by atoms with E-state index in [1.54, 1.807) is 6.08 Å². The number of halogens is 1. The Balaban J connectivity index is 2.00. The van der Waals surface area contributed by atoms with Crippen molar-refractivity contribution < 1.29 is 9.59 Å². The van der Waals surface area contributed by atoms with Gasteiger partial charge >= 0.3 is 0 Å². The maximum Gasteiger partial charge on any atom is 0.266 e. The predicted molar refractivity (Wildman–Crippen MR) is 117 cm³/mol. The number of rotatable bonds is 4. The summed E-state index contributed by atoms with van der Waals surface area (Å²) in [6.07, 6.45) is 1.69. The number of thiocarbonyl (C=S) groups is 1. The largest absolute Gasteiger partial charge is 0.293 e. The van der Waals surface area contributed by atoms with E-state index in [0.717, 1.165) is 11.3 Å². The molecule has 0 radical (unpaired) electrons. The van der Waals surface area contributed by atoms with Gasteiger partial charge in [0.15, 0.2) is 5.13 Å². The van der Waals surface area contributed by atoms with Gasteiger partial charge in [0.2, 0.25) is 5.91 Å². The Hall–Kier alpha value is -1.74. The number of carbonyl (C=O) groups excluding carboxylic acids is 2. The third kappa shape index (κ3) is 3.94. The maximum absolute atomic E-state index is 12.4. The van der Waals surface area contributed by atoms with Gasteiger partial charge in [0.1, 0.15) is 9.47 Å². The first-order chi connectivity index (χ1) is 12.8. The summed E-state index contributed by atoms with van der Waals surface area (Å²) in [7, 11) is 0. The lowest BCUT2D eigenvalue weighted by molar-refractivity contribution is -0.122. The van der Waals surface area contributed by atoms with Crippen LogP contribution < -0.4 is 4.90 Å². The number of thioether (sulfide) groups is 1. The number of anilines is 2. The quantitative estimate of drug-likeness (QED) is 0.497. The first-order valence-electron chi connectivity index (χ1n) is 8.11. The molecule has 1 aromatic carbocycles. The zero-order valence-corrected chi connectivity index (χ0v) is 18.1. The van der Waals surface area contributed by atoms with Crippen molar-refractivity contribution >= 4 is 79.9 Å². The van der Waals surface area contributed by atoms with E-state index in [-0.39, 0.29) is 17.0 Å². The number of thiazole rings is 1. The highest BCUT2D eigenvalue weighted by atomic mass is 35.5. The Morgan fingerprint density at radius 3 is 2.70 bits per heavy atom. The zero-order chi connectivity index (χ0) is 19.7. The first-order valence-corrected chi connectivity index (χ1v) is 10.5. The lowest BCUT2D eigenvalue weighted by Crippen LogP contribution is -2.27. The van der Waals surface area contributed by atoms with E-state index >= 15 is 0 Å². The van der Waals surface area contributed by atoms with Gasteiger partial charge in [-0.15, -0.1) is 0 Å². The second-order valence-electron chi connectivity index (χ2n) is 5.72. The van der Waals surface area contributed by atoms with Crippen LogP contribution in [0, 0.1) is 6.92 Å². The standard InChI is InChI=1S/C18H16ClN3O2S3/c1-4-21-16(24)14(27-18(21)25)9-13-15(19)20-17(26-13)22(11(3)23)12-8-6-5-7-10(12)2/h5-9H,4H2,1-3H3. The van der Waals surface area contributed by atoms with Crippen LogP contribution in [0.25, 0.3) is 6.08 Å². The van der Waals surface area contributed by atoms with Crippen LogP contribution in [0.3, 0.4) is 0 Å². The molecule has 1 fully saturated rings. The fraction of sp³-hybridized carbons (Fsp3) is 0.222. The van der Waals surface area contributed by atoms with Crippen LogP contribution in [0.4, 0.5) is 10.8 Å². The van der Waals surface area contributed by atoms with Crippen LogP contribution >= 0.6 is 46.9 Å². The molecule has 3 rings (SSSR count). The number of carbonyl (C=O) groups is 2. The minimum atomic E-state index is -0.168. The summed E-state index contributed by atoms with van der Waals surface area (Å²) in [6, 6.07) is 7.56. The molecule has 1 saturated heterocycles. The molecule has 0 spiro atoms. The number of aryl methyl sites for hydroxylation is 1. The molecule has 0 N–H and O–H groups in total. The molecule has 2 heterocycles. The summed E-state index contributed by atoms with van der Waals surface area (Å²) in [4.78, 5) is 33.2. The zero-order valence-electron chi connectivity index (χ0n) is 14.9. The minimum Gasteiger partial charge on any atom is -0.293 e. The second-order valence-corrected chi connectivity index (χ2v) is 8.76. The van der Waals surface area contributed by atoms with E-state index in [1.165, 1.54) is 39.8 Å². The van der Waals surface area contributed by atoms with Crippen LogP contribution in [0.15, 0.2) is 29.2 Å². The topological polar surface area (TPSA) is 53.5 Å². The molecule has 2 aromatic rings.